The molecule has 25 heavy (non-hydrogen) atoms. The first kappa shape index (κ1) is 17.3. The number of carbonyl (C=O) groups excluding carboxylic acids is 1. The van der Waals surface area contributed by atoms with Crippen molar-refractivity contribution < 1.29 is 19.8 Å². The van der Waals surface area contributed by atoms with Crippen molar-refractivity contribution in [2.45, 2.75) is 71.3 Å². The van der Waals surface area contributed by atoms with Crippen LogP contribution >= 0.6 is 0 Å². The molecule has 4 nitrogen and oxygen atoms in total. The van der Waals surface area contributed by atoms with Gasteiger partial charge in [0.15, 0.2) is 11.9 Å². The fourth-order valence-corrected chi connectivity index (χ4v) is 7.29. The van der Waals surface area contributed by atoms with Gasteiger partial charge in [0.2, 0.25) is 0 Å². The summed E-state index contributed by atoms with van der Waals surface area (Å²) in [6.07, 6.45) is 8.46. The fraction of sp³-hybridized carbons (Fsp3) is 0.810. The van der Waals surface area contributed by atoms with Crippen LogP contribution in [0.3, 0.4) is 0 Å². The summed E-state index contributed by atoms with van der Waals surface area (Å²) in [5.74, 6) is 0.840. The number of allylic oxidation sites excluding steroid dienone is 1. The molecule has 0 spiro atoms. The molecule has 0 aromatic heterocycles. The molecule has 7 unspecified atom stereocenters. The van der Waals surface area contributed by atoms with Crippen LogP contribution < -0.4 is 0 Å². The van der Waals surface area contributed by atoms with Gasteiger partial charge in [-0.2, -0.15) is 0 Å². The van der Waals surface area contributed by atoms with Crippen molar-refractivity contribution in [1.82, 2.24) is 0 Å². The molecule has 2 N–H and O–H groups in total. The summed E-state index contributed by atoms with van der Waals surface area (Å²) < 4.78 is 0. The Kier molecular flexibility index (Phi) is 3.91. The lowest BCUT2D eigenvalue weighted by Crippen LogP contribution is -2.52. The molecule has 0 saturated heterocycles. The van der Waals surface area contributed by atoms with Crippen LogP contribution in [0.4, 0.5) is 0 Å². The maximum Gasteiger partial charge on any atom is 0.332 e. The summed E-state index contributed by atoms with van der Waals surface area (Å²) in [4.78, 5) is 23.2. The molecule has 0 heterocycles. The number of aliphatic hydroxyl groups excluding tert-OH is 1. The van der Waals surface area contributed by atoms with Gasteiger partial charge in [0.05, 0.1) is 0 Å². The molecule has 138 valence electrons. The second-order valence-electron chi connectivity index (χ2n) is 9.48. The third kappa shape index (κ3) is 2.36. The number of carboxylic acids is 1. The Morgan fingerprint density at radius 1 is 1.12 bits per heavy atom. The Morgan fingerprint density at radius 3 is 2.60 bits per heavy atom. The Hall–Kier alpha value is -1.16. The van der Waals surface area contributed by atoms with Gasteiger partial charge in [-0.05, 0) is 79.6 Å². The van der Waals surface area contributed by atoms with Gasteiger partial charge in [-0.25, -0.2) is 4.79 Å². The number of carboxylic acid groups (broad SMARTS) is 1. The maximum atomic E-state index is 11.9. The minimum atomic E-state index is -1.23. The molecule has 4 heteroatoms. The fourth-order valence-electron chi connectivity index (χ4n) is 7.29. The molecule has 0 aliphatic heterocycles. The van der Waals surface area contributed by atoms with Crippen LogP contribution in [0.15, 0.2) is 11.6 Å². The van der Waals surface area contributed by atoms with E-state index < -0.39 is 12.1 Å². The maximum absolute atomic E-state index is 11.9. The average molecular weight is 346 g/mol. The molecule has 7 atom stereocenters. The Morgan fingerprint density at radius 2 is 1.88 bits per heavy atom. The monoisotopic (exact) mass is 346 g/mol. The summed E-state index contributed by atoms with van der Waals surface area (Å²) in [5.41, 5.74) is 1.47. The van der Waals surface area contributed by atoms with Crippen LogP contribution in [0, 0.1) is 34.5 Å². The molecule has 3 fully saturated rings. The van der Waals surface area contributed by atoms with Gasteiger partial charge in [0, 0.05) is 12.3 Å². The number of aliphatic carboxylic acids is 1. The molecule has 0 radical (unpaired) electrons. The second-order valence-corrected chi connectivity index (χ2v) is 9.48. The lowest BCUT2D eigenvalue weighted by Gasteiger charge is -2.58. The first-order chi connectivity index (χ1) is 11.8. The molecule has 4 aliphatic carbocycles. The van der Waals surface area contributed by atoms with Crippen molar-refractivity contribution in [1.29, 1.82) is 0 Å². The van der Waals surface area contributed by atoms with E-state index in [0.29, 0.717) is 24.2 Å². The van der Waals surface area contributed by atoms with E-state index in [0.717, 1.165) is 44.9 Å². The normalized spacial score (nSPS) is 47.3. The highest BCUT2D eigenvalue weighted by Crippen LogP contribution is 2.66. The van der Waals surface area contributed by atoms with Gasteiger partial charge in [0.25, 0.3) is 0 Å². The molecule has 3 saturated carbocycles. The summed E-state index contributed by atoms with van der Waals surface area (Å²) in [5, 5.41) is 19.6. The molecule has 0 amide bonds. The molecule has 4 aliphatic rings. The molecule has 4 rings (SSSR count). The van der Waals surface area contributed by atoms with Crippen LogP contribution in [-0.4, -0.2) is 28.1 Å². The lowest BCUT2D eigenvalue weighted by molar-refractivity contribution is -0.155. The third-order valence-electron chi connectivity index (χ3n) is 8.67. The number of rotatable bonds is 2. The van der Waals surface area contributed by atoms with Crippen molar-refractivity contribution in [3.05, 3.63) is 11.6 Å². The van der Waals surface area contributed by atoms with E-state index in [2.05, 4.69) is 13.8 Å². The third-order valence-corrected chi connectivity index (χ3v) is 8.67. The smallest absolute Gasteiger partial charge is 0.332 e. The highest BCUT2D eigenvalue weighted by molar-refractivity contribution is 5.91. The zero-order chi connectivity index (χ0) is 18.0. The van der Waals surface area contributed by atoms with Gasteiger partial charge < -0.3 is 10.2 Å². The topological polar surface area (TPSA) is 74.6 Å². The minimum Gasteiger partial charge on any atom is -0.479 e. The minimum absolute atomic E-state index is 0.0545. The van der Waals surface area contributed by atoms with E-state index in [9.17, 15) is 19.8 Å². The van der Waals surface area contributed by atoms with E-state index in [1.54, 1.807) is 0 Å². The quantitative estimate of drug-likeness (QED) is 0.801. The van der Waals surface area contributed by atoms with Gasteiger partial charge in [-0.3, -0.25) is 4.79 Å². The van der Waals surface area contributed by atoms with Crippen LogP contribution in [-0.2, 0) is 9.59 Å². The summed E-state index contributed by atoms with van der Waals surface area (Å²) in [7, 11) is 0. The molecular formula is C21H30O4. The lowest BCUT2D eigenvalue weighted by atomic mass is 9.46. The molecule has 0 aromatic carbocycles. The van der Waals surface area contributed by atoms with Crippen LogP contribution in [0.5, 0.6) is 0 Å². The summed E-state index contributed by atoms with van der Waals surface area (Å²) in [6, 6.07) is 0. The van der Waals surface area contributed by atoms with Gasteiger partial charge in [0.1, 0.15) is 0 Å². The number of hydrogen-bond acceptors (Lipinski definition) is 3. The Bertz CT molecular complexity index is 638. The van der Waals surface area contributed by atoms with E-state index >= 15 is 0 Å². The van der Waals surface area contributed by atoms with Gasteiger partial charge in [-0.1, -0.05) is 19.4 Å². The van der Waals surface area contributed by atoms with Gasteiger partial charge >= 0.3 is 5.97 Å². The first-order valence-corrected chi connectivity index (χ1v) is 9.92. The van der Waals surface area contributed by atoms with Crippen LogP contribution in [0.25, 0.3) is 0 Å². The van der Waals surface area contributed by atoms with E-state index in [4.69, 9.17) is 0 Å². The standard InChI is InChI=1S/C21H30O4/c1-20-9-7-13(22)11-12(20)3-4-14-15-5-6-17(18(23)19(24)25)21(15,2)10-8-16(14)20/h11,14-18,23H,3-10H2,1-2H3,(H,24,25). The predicted octanol–water partition coefficient (Wildman–Crippen LogP) is 3.58. The van der Waals surface area contributed by atoms with Crippen molar-refractivity contribution in [2.75, 3.05) is 0 Å². The summed E-state index contributed by atoms with van der Waals surface area (Å²) >= 11 is 0. The van der Waals surface area contributed by atoms with E-state index in [-0.39, 0.29) is 22.5 Å². The zero-order valence-electron chi connectivity index (χ0n) is 15.3. The largest absolute Gasteiger partial charge is 0.479 e. The number of ketones is 1. The molecule has 0 bridgehead atoms. The Balaban J connectivity index is 1.63. The van der Waals surface area contributed by atoms with Crippen molar-refractivity contribution in [3.63, 3.8) is 0 Å². The first-order valence-electron chi connectivity index (χ1n) is 9.92. The number of carbonyl (C=O) groups is 2. The SMILES string of the molecule is CC12CCC(=O)C=C1CCC1C2CCC2(C)C(C(O)C(=O)O)CCC12. The average Bonchev–Trinajstić information content (AvgIpc) is 2.92. The van der Waals surface area contributed by atoms with E-state index in [1.165, 1.54) is 5.57 Å². The van der Waals surface area contributed by atoms with E-state index in [1.807, 2.05) is 6.08 Å². The summed E-state index contributed by atoms with van der Waals surface area (Å²) in [6.45, 7) is 4.60. The second kappa shape index (κ2) is 5.67. The van der Waals surface area contributed by atoms with Crippen molar-refractivity contribution >= 4 is 11.8 Å². The van der Waals surface area contributed by atoms with Gasteiger partial charge in [-0.15, -0.1) is 0 Å². The molecule has 0 aromatic rings. The molecular weight excluding hydrogens is 316 g/mol. The Labute approximate surface area is 149 Å². The highest BCUT2D eigenvalue weighted by Gasteiger charge is 2.60. The highest BCUT2D eigenvalue weighted by atomic mass is 16.4. The number of hydrogen-bond donors (Lipinski definition) is 2. The van der Waals surface area contributed by atoms with Crippen molar-refractivity contribution in [2.24, 2.45) is 34.5 Å². The van der Waals surface area contributed by atoms with Crippen LogP contribution in [0.1, 0.15) is 65.2 Å². The van der Waals surface area contributed by atoms with Crippen molar-refractivity contribution in [3.8, 4) is 0 Å². The number of fused-ring (bicyclic) bond motifs is 5. The predicted molar refractivity (Wildman–Crippen MR) is 93.8 cm³/mol. The zero-order valence-corrected chi connectivity index (χ0v) is 15.3. The van der Waals surface area contributed by atoms with Crippen LogP contribution in [0.2, 0.25) is 0 Å². The number of aliphatic hydroxyl groups is 1.